The summed E-state index contributed by atoms with van der Waals surface area (Å²) in [5.74, 6) is -0.506. The number of hydrogen-bond donors (Lipinski definition) is 1. The van der Waals surface area contributed by atoms with Crippen LogP contribution in [0.5, 0.6) is 5.75 Å². The SMILES string of the molecule is CC(CCOc1ccccc1)C(=O)N(C1CC1)C(C)C(=O)O. The maximum Gasteiger partial charge on any atom is 0.326 e. The van der Waals surface area contributed by atoms with Crippen LogP contribution in [0.15, 0.2) is 30.3 Å². The Morgan fingerprint density at radius 2 is 1.91 bits per heavy atom. The van der Waals surface area contributed by atoms with E-state index in [1.54, 1.807) is 6.92 Å². The van der Waals surface area contributed by atoms with Gasteiger partial charge in [-0.1, -0.05) is 25.1 Å². The number of nitrogens with zero attached hydrogens (tertiary/aromatic N) is 1. The summed E-state index contributed by atoms with van der Waals surface area (Å²) in [5.41, 5.74) is 0. The molecular weight excluding hydrogens is 282 g/mol. The van der Waals surface area contributed by atoms with Crippen molar-refractivity contribution in [1.82, 2.24) is 4.90 Å². The van der Waals surface area contributed by atoms with Crippen LogP contribution in [-0.2, 0) is 9.59 Å². The second kappa shape index (κ2) is 7.29. The van der Waals surface area contributed by atoms with Crippen LogP contribution in [0.3, 0.4) is 0 Å². The molecular formula is C17H23NO4. The highest BCUT2D eigenvalue weighted by Gasteiger charge is 2.39. The number of carbonyl (C=O) groups is 2. The average Bonchev–Trinajstić information content (AvgIpc) is 3.32. The summed E-state index contributed by atoms with van der Waals surface area (Å²) in [7, 11) is 0. The number of carbonyl (C=O) groups excluding carboxylic acids is 1. The minimum absolute atomic E-state index is 0.0888. The molecule has 0 radical (unpaired) electrons. The minimum atomic E-state index is -0.951. The maximum atomic E-state index is 12.5. The Kier molecular flexibility index (Phi) is 5.41. The molecule has 1 aromatic carbocycles. The molecule has 1 saturated carbocycles. The Balaban J connectivity index is 1.86. The summed E-state index contributed by atoms with van der Waals surface area (Å²) in [6.45, 7) is 3.85. The van der Waals surface area contributed by atoms with E-state index in [1.165, 1.54) is 4.90 Å². The second-order valence-corrected chi connectivity index (χ2v) is 5.84. The number of ether oxygens (including phenoxy) is 1. The van der Waals surface area contributed by atoms with Crippen LogP contribution in [0.2, 0.25) is 0 Å². The smallest absolute Gasteiger partial charge is 0.326 e. The lowest BCUT2D eigenvalue weighted by Gasteiger charge is -2.29. The Morgan fingerprint density at radius 3 is 2.45 bits per heavy atom. The fourth-order valence-corrected chi connectivity index (χ4v) is 2.41. The molecule has 1 N–H and O–H groups in total. The number of para-hydroxylation sites is 1. The molecule has 0 saturated heterocycles. The first-order valence-corrected chi connectivity index (χ1v) is 7.73. The molecule has 1 aliphatic rings. The number of carboxylic acid groups (broad SMARTS) is 1. The summed E-state index contributed by atoms with van der Waals surface area (Å²) in [5, 5.41) is 9.17. The lowest BCUT2D eigenvalue weighted by atomic mass is 10.1. The quantitative estimate of drug-likeness (QED) is 0.801. The van der Waals surface area contributed by atoms with Gasteiger partial charge in [-0.2, -0.15) is 0 Å². The summed E-state index contributed by atoms with van der Waals surface area (Å²) in [4.78, 5) is 25.2. The largest absolute Gasteiger partial charge is 0.494 e. The molecule has 1 aliphatic carbocycles. The first-order valence-electron chi connectivity index (χ1n) is 7.73. The van der Waals surface area contributed by atoms with Gasteiger partial charge in [0.25, 0.3) is 0 Å². The molecule has 1 amide bonds. The van der Waals surface area contributed by atoms with Crippen molar-refractivity contribution in [2.24, 2.45) is 5.92 Å². The summed E-state index contributed by atoms with van der Waals surface area (Å²) < 4.78 is 5.60. The summed E-state index contributed by atoms with van der Waals surface area (Å²) in [6.07, 6.45) is 2.37. The standard InChI is InChI=1S/C17H23NO4/c1-12(10-11-22-15-6-4-3-5-7-15)16(19)18(14-8-9-14)13(2)17(20)21/h3-7,12-14H,8-11H2,1-2H3,(H,20,21). The normalized spacial score (nSPS) is 16.6. The minimum Gasteiger partial charge on any atom is -0.494 e. The molecule has 0 aromatic heterocycles. The van der Waals surface area contributed by atoms with Gasteiger partial charge in [0, 0.05) is 12.0 Å². The van der Waals surface area contributed by atoms with Crippen molar-refractivity contribution in [3.63, 3.8) is 0 Å². The summed E-state index contributed by atoms with van der Waals surface area (Å²) in [6, 6.07) is 8.78. The average molecular weight is 305 g/mol. The molecule has 5 nitrogen and oxygen atoms in total. The predicted molar refractivity (Wildman–Crippen MR) is 82.7 cm³/mol. The van der Waals surface area contributed by atoms with Gasteiger partial charge in [-0.05, 0) is 38.3 Å². The molecule has 2 atom stereocenters. The molecule has 1 fully saturated rings. The van der Waals surface area contributed by atoms with Gasteiger partial charge in [0.15, 0.2) is 0 Å². The molecule has 2 rings (SSSR count). The number of amides is 1. The van der Waals surface area contributed by atoms with Gasteiger partial charge in [-0.15, -0.1) is 0 Å². The molecule has 1 aromatic rings. The molecule has 120 valence electrons. The van der Waals surface area contributed by atoms with Crippen molar-refractivity contribution in [3.05, 3.63) is 30.3 Å². The highest BCUT2D eigenvalue weighted by Crippen LogP contribution is 2.30. The van der Waals surface area contributed by atoms with Crippen LogP contribution in [0.1, 0.15) is 33.1 Å². The Bertz CT molecular complexity index is 513. The monoisotopic (exact) mass is 305 g/mol. The van der Waals surface area contributed by atoms with E-state index in [-0.39, 0.29) is 17.9 Å². The first kappa shape index (κ1) is 16.3. The van der Waals surface area contributed by atoms with Crippen molar-refractivity contribution in [2.45, 2.75) is 45.2 Å². The highest BCUT2D eigenvalue weighted by molar-refractivity contribution is 5.85. The van der Waals surface area contributed by atoms with Crippen LogP contribution in [-0.4, -0.2) is 40.6 Å². The molecule has 0 aliphatic heterocycles. The third-order valence-corrected chi connectivity index (χ3v) is 3.95. The Hall–Kier alpha value is -2.04. The lowest BCUT2D eigenvalue weighted by Crippen LogP contribution is -2.47. The highest BCUT2D eigenvalue weighted by atomic mass is 16.5. The van der Waals surface area contributed by atoms with Gasteiger partial charge in [0.1, 0.15) is 11.8 Å². The topological polar surface area (TPSA) is 66.8 Å². The van der Waals surface area contributed by atoms with Gasteiger partial charge in [0.2, 0.25) is 5.91 Å². The van der Waals surface area contributed by atoms with Gasteiger partial charge in [0.05, 0.1) is 6.61 Å². The van der Waals surface area contributed by atoms with Crippen molar-refractivity contribution in [1.29, 1.82) is 0 Å². The van der Waals surface area contributed by atoms with Crippen LogP contribution < -0.4 is 4.74 Å². The molecule has 22 heavy (non-hydrogen) atoms. The zero-order valence-corrected chi connectivity index (χ0v) is 13.1. The van der Waals surface area contributed by atoms with Gasteiger partial charge >= 0.3 is 5.97 Å². The Labute approximate surface area is 130 Å². The summed E-state index contributed by atoms with van der Waals surface area (Å²) >= 11 is 0. The lowest BCUT2D eigenvalue weighted by molar-refractivity contribution is -0.151. The third-order valence-electron chi connectivity index (χ3n) is 3.95. The predicted octanol–water partition coefficient (Wildman–Crippen LogP) is 2.56. The molecule has 0 bridgehead atoms. The number of aliphatic carboxylic acids is 1. The van der Waals surface area contributed by atoms with E-state index < -0.39 is 12.0 Å². The van der Waals surface area contributed by atoms with E-state index in [4.69, 9.17) is 9.84 Å². The van der Waals surface area contributed by atoms with E-state index in [0.29, 0.717) is 13.0 Å². The van der Waals surface area contributed by atoms with E-state index >= 15 is 0 Å². The number of rotatable bonds is 8. The molecule has 0 heterocycles. The van der Waals surface area contributed by atoms with Crippen LogP contribution >= 0.6 is 0 Å². The fourth-order valence-electron chi connectivity index (χ4n) is 2.41. The van der Waals surface area contributed by atoms with E-state index in [2.05, 4.69) is 0 Å². The number of hydrogen-bond acceptors (Lipinski definition) is 3. The van der Waals surface area contributed by atoms with E-state index in [0.717, 1.165) is 18.6 Å². The third kappa shape index (κ3) is 4.23. The van der Waals surface area contributed by atoms with Crippen molar-refractivity contribution in [2.75, 3.05) is 6.61 Å². The maximum absolute atomic E-state index is 12.5. The van der Waals surface area contributed by atoms with Crippen LogP contribution in [0.4, 0.5) is 0 Å². The van der Waals surface area contributed by atoms with Crippen molar-refractivity contribution in [3.8, 4) is 5.75 Å². The zero-order valence-electron chi connectivity index (χ0n) is 13.1. The first-order chi connectivity index (χ1) is 10.5. The Morgan fingerprint density at radius 1 is 1.27 bits per heavy atom. The van der Waals surface area contributed by atoms with Crippen molar-refractivity contribution >= 4 is 11.9 Å². The molecule has 5 heteroatoms. The van der Waals surface area contributed by atoms with Gasteiger partial charge < -0.3 is 14.7 Å². The zero-order chi connectivity index (χ0) is 16.1. The number of benzene rings is 1. The van der Waals surface area contributed by atoms with Crippen LogP contribution in [0, 0.1) is 5.92 Å². The molecule has 2 unspecified atom stereocenters. The van der Waals surface area contributed by atoms with E-state index in [9.17, 15) is 9.59 Å². The fraction of sp³-hybridized carbons (Fsp3) is 0.529. The second-order valence-electron chi connectivity index (χ2n) is 5.84. The molecule has 0 spiro atoms. The van der Waals surface area contributed by atoms with Gasteiger partial charge in [-0.3, -0.25) is 4.79 Å². The van der Waals surface area contributed by atoms with Crippen molar-refractivity contribution < 1.29 is 19.4 Å². The van der Waals surface area contributed by atoms with Gasteiger partial charge in [-0.25, -0.2) is 4.79 Å². The van der Waals surface area contributed by atoms with Crippen LogP contribution in [0.25, 0.3) is 0 Å². The number of carboxylic acids is 1. The van der Waals surface area contributed by atoms with E-state index in [1.807, 2.05) is 37.3 Å².